The maximum absolute atomic E-state index is 13.0. The van der Waals surface area contributed by atoms with E-state index < -0.39 is 0 Å². The maximum Gasteiger partial charge on any atom is 0.192 e. The average molecular weight is 396 g/mol. The van der Waals surface area contributed by atoms with Gasteiger partial charge in [-0.05, 0) is 67.7 Å². The van der Waals surface area contributed by atoms with E-state index in [1.807, 2.05) is 19.1 Å². The van der Waals surface area contributed by atoms with Gasteiger partial charge in [-0.1, -0.05) is 30.0 Å². The number of carbonyl (C=O) groups is 1. The van der Waals surface area contributed by atoms with E-state index in [1.165, 1.54) is 29.3 Å². The van der Waals surface area contributed by atoms with Gasteiger partial charge in [0.1, 0.15) is 0 Å². The Bertz CT molecular complexity index is 989. The lowest BCUT2D eigenvalue weighted by Gasteiger charge is -2.13. The Kier molecular flexibility index (Phi) is 4.40. The molecule has 0 aliphatic heterocycles. The van der Waals surface area contributed by atoms with Gasteiger partial charge >= 0.3 is 0 Å². The zero-order valence-corrected chi connectivity index (χ0v) is 16.9. The standard InChI is InChI=1S/C21H21N3OS2/c1-13(19(25)16-8-7-14-4-2-5-15(14)12-16)27-21-23-22-20(18-6-3-11-26-18)24(21)17-9-10-17/h3,6-8,11-13,17H,2,4-5,9-10H2,1H3/t13-/m0/s1. The number of carbonyl (C=O) groups excluding carboxylic acids is 1. The fraction of sp³-hybridized carbons (Fsp3) is 0.381. The highest BCUT2D eigenvalue weighted by Gasteiger charge is 2.32. The predicted molar refractivity (Wildman–Crippen MR) is 110 cm³/mol. The van der Waals surface area contributed by atoms with E-state index in [9.17, 15) is 4.79 Å². The number of hydrogen-bond donors (Lipinski definition) is 0. The lowest BCUT2D eigenvalue weighted by Crippen LogP contribution is -2.15. The molecule has 3 aromatic rings. The van der Waals surface area contributed by atoms with Crippen molar-refractivity contribution in [3.63, 3.8) is 0 Å². The zero-order chi connectivity index (χ0) is 18.4. The number of benzene rings is 1. The molecule has 0 spiro atoms. The molecular weight excluding hydrogens is 374 g/mol. The Morgan fingerprint density at radius 1 is 1.22 bits per heavy atom. The Morgan fingerprint density at radius 3 is 2.85 bits per heavy atom. The Labute approximate surface area is 167 Å². The lowest BCUT2D eigenvalue weighted by molar-refractivity contribution is 0.0993. The summed E-state index contributed by atoms with van der Waals surface area (Å²) in [5.74, 6) is 1.12. The molecule has 4 nitrogen and oxygen atoms in total. The van der Waals surface area contributed by atoms with Gasteiger partial charge in [-0.3, -0.25) is 9.36 Å². The minimum absolute atomic E-state index is 0.178. The van der Waals surface area contributed by atoms with Crippen LogP contribution in [0.5, 0.6) is 0 Å². The number of nitrogens with zero attached hydrogens (tertiary/aromatic N) is 3. The average Bonchev–Trinajstić information content (AvgIpc) is 3.09. The molecular formula is C21H21N3OS2. The second kappa shape index (κ2) is 6.91. The monoisotopic (exact) mass is 395 g/mol. The second-order valence-corrected chi connectivity index (χ2v) is 9.60. The fourth-order valence-electron chi connectivity index (χ4n) is 3.76. The number of rotatable bonds is 6. The SMILES string of the molecule is C[C@H](Sc1nnc(-c2cccs2)n1C1CC1)C(=O)c1ccc2c(c1)CCC2. The highest BCUT2D eigenvalue weighted by molar-refractivity contribution is 8.00. The summed E-state index contributed by atoms with van der Waals surface area (Å²) in [6.07, 6.45) is 5.77. The third-order valence-corrected chi connectivity index (χ3v) is 7.28. The van der Waals surface area contributed by atoms with Crippen molar-refractivity contribution < 1.29 is 4.79 Å². The summed E-state index contributed by atoms with van der Waals surface area (Å²) in [7, 11) is 0. The van der Waals surface area contributed by atoms with Gasteiger partial charge in [0.15, 0.2) is 16.8 Å². The van der Waals surface area contributed by atoms with Gasteiger partial charge in [-0.15, -0.1) is 21.5 Å². The number of Topliss-reactive ketones (excluding diaryl/α,β-unsaturated/α-hetero) is 1. The van der Waals surface area contributed by atoms with Crippen LogP contribution in [-0.4, -0.2) is 25.8 Å². The number of aromatic nitrogens is 3. The van der Waals surface area contributed by atoms with Crippen molar-refractivity contribution in [2.45, 2.75) is 55.5 Å². The van der Waals surface area contributed by atoms with Gasteiger partial charge in [0, 0.05) is 11.6 Å². The molecule has 5 rings (SSSR count). The molecule has 2 aromatic heterocycles. The Balaban J connectivity index is 1.39. The van der Waals surface area contributed by atoms with Crippen LogP contribution in [0.4, 0.5) is 0 Å². The first-order valence-corrected chi connectivity index (χ1v) is 11.3. The molecule has 0 N–H and O–H groups in total. The van der Waals surface area contributed by atoms with E-state index in [0.717, 1.165) is 47.1 Å². The number of aryl methyl sites for hydroxylation is 2. The summed E-state index contributed by atoms with van der Waals surface area (Å²) >= 11 is 3.22. The number of thiophene rings is 1. The molecule has 1 aromatic carbocycles. The van der Waals surface area contributed by atoms with Gasteiger partial charge < -0.3 is 0 Å². The topological polar surface area (TPSA) is 47.8 Å². The third kappa shape index (κ3) is 3.25. The minimum atomic E-state index is -0.178. The van der Waals surface area contributed by atoms with Crippen molar-refractivity contribution in [1.29, 1.82) is 0 Å². The molecule has 0 saturated heterocycles. The number of fused-ring (bicyclic) bond motifs is 1. The summed E-state index contributed by atoms with van der Waals surface area (Å²) in [5, 5.41) is 11.6. The van der Waals surface area contributed by atoms with Crippen molar-refractivity contribution in [2.24, 2.45) is 0 Å². The number of thioether (sulfide) groups is 1. The predicted octanol–water partition coefficient (Wildman–Crippen LogP) is 5.19. The summed E-state index contributed by atoms with van der Waals surface area (Å²) in [6, 6.07) is 10.8. The van der Waals surface area contributed by atoms with Crippen LogP contribution < -0.4 is 0 Å². The maximum atomic E-state index is 13.0. The second-order valence-electron chi connectivity index (χ2n) is 7.35. The summed E-state index contributed by atoms with van der Waals surface area (Å²) < 4.78 is 2.24. The molecule has 6 heteroatoms. The van der Waals surface area contributed by atoms with Crippen LogP contribution in [0, 0.1) is 0 Å². The molecule has 0 unspecified atom stereocenters. The highest BCUT2D eigenvalue weighted by atomic mass is 32.2. The van der Waals surface area contributed by atoms with Crippen LogP contribution in [0.25, 0.3) is 10.7 Å². The van der Waals surface area contributed by atoms with E-state index in [1.54, 1.807) is 11.3 Å². The number of hydrogen-bond acceptors (Lipinski definition) is 5. The molecule has 1 saturated carbocycles. The molecule has 1 atom stereocenters. The van der Waals surface area contributed by atoms with Gasteiger partial charge in [0.25, 0.3) is 0 Å². The van der Waals surface area contributed by atoms with Gasteiger partial charge in [-0.2, -0.15) is 0 Å². The van der Waals surface area contributed by atoms with Gasteiger partial charge in [0.05, 0.1) is 10.1 Å². The zero-order valence-electron chi connectivity index (χ0n) is 15.2. The van der Waals surface area contributed by atoms with Crippen molar-refractivity contribution in [1.82, 2.24) is 14.8 Å². The summed E-state index contributed by atoms with van der Waals surface area (Å²) in [4.78, 5) is 14.1. The van der Waals surface area contributed by atoms with Crippen LogP contribution in [0.2, 0.25) is 0 Å². The van der Waals surface area contributed by atoms with Crippen LogP contribution in [-0.2, 0) is 12.8 Å². The minimum Gasteiger partial charge on any atom is -0.298 e. The molecule has 1 fully saturated rings. The van der Waals surface area contributed by atoms with Crippen molar-refractivity contribution in [2.75, 3.05) is 0 Å². The molecule has 0 amide bonds. The fourth-order valence-corrected chi connectivity index (χ4v) is 5.47. The molecule has 27 heavy (non-hydrogen) atoms. The summed E-state index contributed by atoms with van der Waals surface area (Å²) in [5.41, 5.74) is 3.58. The van der Waals surface area contributed by atoms with E-state index in [2.05, 4.69) is 38.3 Å². The van der Waals surface area contributed by atoms with Crippen LogP contribution >= 0.6 is 23.1 Å². The molecule has 0 radical (unpaired) electrons. The van der Waals surface area contributed by atoms with E-state index in [-0.39, 0.29) is 11.0 Å². The van der Waals surface area contributed by atoms with Crippen LogP contribution in [0.1, 0.15) is 53.7 Å². The van der Waals surface area contributed by atoms with E-state index >= 15 is 0 Å². The smallest absolute Gasteiger partial charge is 0.192 e. The van der Waals surface area contributed by atoms with E-state index in [4.69, 9.17) is 0 Å². The highest BCUT2D eigenvalue weighted by Crippen LogP contribution is 2.42. The van der Waals surface area contributed by atoms with Gasteiger partial charge in [-0.25, -0.2) is 0 Å². The normalized spacial score (nSPS) is 17.1. The Morgan fingerprint density at radius 2 is 2.07 bits per heavy atom. The van der Waals surface area contributed by atoms with E-state index in [0.29, 0.717) is 6.04 Å². The first-order valence-electron chi connectivity index (χ1n) is 9.52. The van der Waals surface area contributed by atoms with Crippen molar-refractivity contribution >= 4 is 28.9 Å². The first-order chi connectivity index (χ1) is 13.2. The largest absolute Gasteiger partial charge is 0.298 e. The van der Waals surface area contributed by atoms with Crippen molar-refractivity contribution in [3.8, 4) is 10.7 Å². The molecule has 138 valence electrons. The van der Waals surface area contributed by atoms with Crippen molar-refractivity contribution in [3.05, 3.63) is 52.4 Å². The molecule has 0 bridgehead atoms. The third-order valence-electron chi connectivity index (χ3n) is 5.35. The molecule has 2 heterocycles. The molecule has 2 aliphatic rings. The van der Waals surface area contributed by atoms with Crippen LogP contribution in [0.15, 0.2) is 40.9 Å². The molecule has 2 aliphatic carbocycles. The quantitative estimate of drug-likeness (QED) is 0.425. The number of ketones is 1. The van der Waals surface area contributed by atoms with Gasteiger partial charge in [0.2, 0.25) is 0 Å². The summed E-state index contributed by atoms with van der Waals surface area (Å²) in [6.45, 7) is 1.98. The first kappa shape index (κ1) is 17.2. The van der Waals surface area contributed by atoms with Crippen LogP contribution in [0.3, 0.4) is 0 Å². The Hall–Kier alpha value is -1.92. The lowest BCUT2D eigenvalue weighted by atomic mass is 10.0.